The number of piperazine rings is 1. The fraction of sp³-hybridized carbons (Fsp3) is 0.500. The monoisotopic (exact) mass is 193 g/mol. The van der Waals surface area contributed by atoms with Gasteiger partial charge in [-0.15, -0.1) is 0 Å². The van der Waals surface area contributed by atoms with Gasteiger partial charge in [-0.1, -0.05) is 0 Å². The molecule has 0 aliphatic carbocycles. The number of nitrogens with one attached hydrogen (secondary N) is 1. The van der Waals surface area contributed by atoms with Gasteiger partial charge in [0.05, 0.1) is 18.1 Å². The molecule has 0 amide bonds. The van der Waals surface area contributed by atoms with Crippen molar-refractivity contribution in [2.45, 2.75) is 18.5 Å². The Bertz CT molecular complexity index is 355. The highest BCUT2D eigenvalue weighted by Gasteiger charge is 2.37. The van der Waals surface area contributed by atoms with E-state index in [1.165, 1.54) is 12.6 Å². The second-order valence-electron chi connectivity index (χ2n) is 4.01. The summed E-state index contributed by atoms with van der Waals surface area (Å²) in [6, 6.07) is 2.68. The third-order valence-electron chi connectivity index (χ3n) is 3.08. The third kappa shape index (κ3) is 1.18. The van der Waals surface area contributed by atoms with Gasteiger partial charge in [0.25, 0.3) is 0 Å². The molecule has 1 aromatic heterocycles. The molecule has 0 radical (unpaired) electrons. The zero-order valence-corrected chi connectivity index (χ0v) is 7.78. The molecule has 1 N–H and O–H groups in total. The van der Waals surface area contributed by atoms with E-state index in [2.05, 4.69) is 15.2 Å². The molecule has 0 unspecified atom stereocenters. The smallest absolute Gasteiger partial charge is 0.143 e. The lowest BCUT2D eigenvalue weighted by atomic mass is 10.2. The zero-order chi connectivity index (χ0) is 9.54. The van der Waals surface area contributed by atoms with Crippen molar-refractivity contribution in [2.24, 2.45) is 0 Å². The maximum absolute atomic E-state index is 13.0. The number of hydrogen-bond acceptors (Lipinski definition) is 3. The summed E-state index contributed by atoms with van der Waals surface area (Å²) >= 11 is 0. The van der Waals surface area contributed by atoms with Crippen LogP contribution in [-0.4, -0.2) is 30.2 Å². The highest BCUT2D eigenvalue weighted by atomic mass is 19.1. The second kappa shape index (κ2) is 2.92. The van der Waals surface area contributed by atoms with E-state index in [4.69, 9.17) is 0 Å². The largest absolute Gasteiger partial charge is 0.364 e. The molecule has 0 spiro atoms. The Morgan fingerprint density at radius 1 is 1.50 bits per heavy atom. The number of halogens is 1. The molecule has 3 nitrogen and oxygen atoms in total. The fourth-order valence-electron chi connectivity index (χ4n) is 2.43. The van der Waals surface area contributed by atoms with E-state index in [9.17, 15) is 4.39 Å². The van der Waals surface area contributed by atoms with Crippen molar-refractivity contribution in [3.63, 3.8) is 0 Å². The van der Waals surface area contributed by atoms with Crippen molar-refractivity contribution in [2.75, 3.05) is 18.0 Å². The minimum atomic E-state index is -0.252. The van der Waals surface area contributed by atoms with Gasteiger partial charge in [0.15, 0.2) is 0 Å². The summed E-state index contributed by atoms with van der Waals surface area (Å²) in [6.07, 6.45) is 4.16. The maximum Gasteiger partial charge on any atom is 0.143 e. The van der Waals surface area contributed by atoms with Gasteiger partial charge in [-0.25, -0.2) is 4.39 Å². The standard InChI is InChI=1S/C10H12FN3/c11-7-1-9(4-12-3-7)14-6-8-2-10(14)5-13-8/h1,3-4,8,10,13H,2,5-6H2/t8-,10-/m0/s1. The van der Waals surface area contributed by atoms with E-state index in [-0.39, 0.29) is 5.82 Å². The molecule has 3 rings (SSSR count). The second-order valence-corrected chi connectivity index (χ2v) is 4.01. The van der Waals surface area contributed by atoms with Crippen LogP contribution in [0.4, 0.5) is 10.1 Å². The third-order valence-corrected chi connectivity index (χ3v) is 3.08. The molecule has 2 atom stereocenters. The Morgan fingerprint density at radius 3 is 3.07 bits per heavy atom. The average molecular weight is 193 g/mol. The molecule has 2 aliphatic heterocycles. The van der Waals surface area contributed by atoms with Gasteiger partial charge in [-0.3, -0.25) is 4.98 Å². The van der Waals surface area contributed by atoms with Crippen molar-refractivity contribution in [3.05, 3.63) is 24.3 Å². The van der Waals surface area contributed by atoms with Crippen molar-refractivity contribution < 1.29 is 4.39 Å². The summed E-state index contributed by atoms with van der Waals surface area (Å²) in [5.74, 6) is -0.252. The lowest BCUT2D eigenvalue weighted by molar-refractivity contribution is 0.575. The number of pyridine rings is 1. The van der Waals surface area contributed by atoms with Crippen molar-refractivity contribution in [3.8, 4) is 0 Å². The maximum atomic E-state index is 13.0. The van der Waals surface area contributed by atoms with E-state index >= 15 is 0 Å². The van der Waals surface area contributed by atoms with Crippen LogP contribution in [0.25, 0.3) is 0 Å². The zero-order valence-electron chi connectivity index (χ0n) is 7.78. The molecule has 0 saturated carbocycles. The molecular formula is C10H12FN3. The molecular weight excluding hydrogens is 181 g/mol. The van der Waals surface area contributed by atoms with Gasteiger partial charge in [-0.05, 0) is 6.42 Å². The Labute approximate surface area is 81.9 Å². The Kier molecular flexibility index (Phi) is 1.70. The van der Waals surface area contributed by atoms with Crippen molar-refractivity contribution in [1.82, 2.24) is 10.3 Å². The van der Waals surface area contributed by atoms with Crippen LogP contribution in [0.1, 0.15) is 6.42 Å². The quantitative estimate of drug-likeness (QED) is 0.714. The van der Waals surface area contributed by atoms with E-state index in [0.717, 1.165) is 18.8 Å². The van der Waals surface area contributed by atoms with Gasteiger partial charge in [0.1, 0.15) is 5.82 Å². The Hall–Kier alpha value is -1.16. The predicted molar refractivity (Wildman–Crippen MR) is 51.7 cm³/mol. The molecule has 2 bridgehead atoms. The van der Waals surface area contributed by atoms with E-state index in [0.29, 0.717) is 12.1 Å². The number of nitrogens with zero attached hydrogens (tertiary/aromatic N) is 2. The molecule has 2 saturated heterocycles. The molecule has 2 aliphatic rings. The summed E-state index contributed by atoms with van der Waals surface area (Å²) in [5.41, 5.74) is 0.916. The number of fused-ring (bicyclic) bond motifs is 2. The summed E-state index contributed by atoms with van der Waals surface area (Å²) in [4.78, 5) is 6.12. The van der Waals surface area contributed by atoms with E-state index in [1.54, 1.807) is 12.3 Å². The lowest BCUT2D eigenvalue weighted by Crippen LogP contribution is -2.43. The number of anilines is 1. The first-order valence-electron chi connectivity index (χ1n) is 4.93. The van der Waals surface area contributed by atoms with Crippen LogP contribution < -0.4 is 10.2 Å². The summed E-state index contributed by atoms with van der Waals surface area (Å²) < 4.78 is 13.0. The van der Waals surface area contributed by atoms with Crippen LogP contribution in [0.2, 0.25) is 0 Å². The first-order chi connectivity index (χ1) is 6.83. The van der Waals surface area contributed by atoms with Crippen LogP contribution in [-0.2, 0) is 0 Å². The minimum absolute atomic E-state index is 0.252. The number of aromatic nitrogens is 1. The van der Waals surface area contributed by atoms with Gasteiger partial charge in [0, 0.05) is 31.2 Å². The fourth-order valence-corrected chi connectivity index (χ4v) is 2.43. The van der Waals surface area contributed by atoms with Crippen LogP contribution in [0.15, 0.2) is 18.5 Å². The lowest BCUT2D eigenvalue weighted by Gasteiger charge is -2.29. The number of rotatable bonds is 1. The van der Waals surface area contributed by atoms with Crippen LogP contribution in [0, 0.1) is 5.82 Å². The van der Waals surface area contributed by atoms with Crippen LogP contribution >= 0.6 is 0 Å². The molecule has 1 aromatic rings. The minimum Gasteiger partial charge on any atom is -0.364 e. The average Bonchev–Trinajstić information content (AvgIpc) is 2.78. The van der Waals surface area contributed by atoms with Crippen LogP contribution in [0.5, 0.6) is 0 Å². The van der Waals surface area contributed by atoms with Crippen molar-refractivity contribution in [1.29, 1.82) is 0 Å². The highest BCUT2D eigenvalue weighted by molar-refractivity contribution is 5.48. The molecule has 2 fully saturated rings. The SMILES string of the molecule is Fc1cncc(N2C[C@@H]3C[C@H]2CN3)c1. The first-order valence-corrected chi connectivity index (χ1v) is 4.93. The molecule has 4 heteroatoms. The molecule has 0 aromatic carbocycles. The van der Waals surface area contributed by atoms with Gasteiger partial charge in [-0.2, -0.15) is 0 Å². The summed E-state index contributed by atoms with van der Waals surface area (Å²) in [5, 5.41) is 3.41. The van der Waals surface area contributed by atoms with E-state index in [1.807, 2.05) is 0 Å². The normalized spacial score (nSPS) is 29.9. The van der Waals surface area contributed by atoms with E-state index < -0.39 is 0 Å². The summed E-state index contributed by atoms with van der Waals surface area (Å²) in [7, 11) is 0. The highest BCUT2D eigenvalue weighted by Crippen LogP contribution is 2.28. The first kappa shape index (κ1) is 8.17. The van der Waals surface area contributed by atoms with Gasteiger partial charge >= 0.3 is 0 Å². The van der Waals surface area contributed by atoms with Crippen LogP contribution in [0.3, 0.4) is 0 Å². The topological polar surface area (TPSA) is 28.2 Å². The van der Waals surface area contributed by atoms with Gasteiger partial charge in [0.2, 0.25) is 0 Å². The molecule has 3 heterocycles. The molecule has 14 heavy (non-hydrogen) atoms. The molecule has 74 valence electrons. The van der Waals surface area contributed by atoms with Crippen molar-refractivity contribution >= 4 is 5.69 Å². The number of hydrogen-bond donors (Lipinski definition) is 1. The Morgan fingerprint density at radius 2 is 2.43 bits per heavy atom. The predicted octanol–water partition coefficient (Wildman–Crippen LogP) is 0.771. The van der Waals surface area contributed by atoms with Gasteiger partial charge < -0.3 is 10.2 Å². The Balaban J connectivity index is 1.89. The summed E-state index contributed by atoms with van der Waals surface area (Å²) in [6.45, 7) is 2.00.